The first-order valence-electron chi connectivity index (χ1n) is 19.7. The smallest absolute Gasteiger partial charge is 0.136 e. The molecule has 1 nitrogen and oxygen atoms in total. The summed E-state index contributed by atoms with van der Waals surface area (Å²) in [6.07, 6.45) is 0. The summed E-state index contributed by atoms with van der Waals surface area (Å²) in [4.78, 5) is 0. The first-order chi connectivity index (χ1) is 28.3. The second-order valence-electron chi connectivity index (χ2n) is 15.1. The third-order valence-corrected chi connectivity index (χ3v) is 12.0. The minimum atomic E-state index is 0.890. The largest absolute Gasteiger partial charge is 0.456 e. The van der Waals surface area contributed by atoms with Crippen LogP contribution in [0.2, 0.25) is 0 Å². The van der Waals surface area contributed by atoms with Crippen LogP contribution in [-0.4, -0.2) is 0 Å². The Morgan fingerprint density at radius 2 is 0.614 bits per heavy atom. The molecule has 1 heterocycles. The van der Waals surface area contributed by atoms with Gasteiger partial charge in [0.2, 0.25) is 0 Å². The Balaban J connectivity index is 1.06. The Morgan fingerprint density at radius 3 is 1.16 bits per heavy atom. The maximum absolute atomic E-state index is 6.71. The van der Waals surface area contributed by atoms with E-state index in [0.29, 0.717) is 0 Å². The van der Waals surface area contributed by atoms with Crippen LogP contribution in [0.5, 0.6) is 0 Å². The number of rotatable bonds is 4. The van der Waals surface area contributed by atoms with E-state index in [4.69, 9.17) is 4.42 Å². The third kappa shape index (κ3) is 4.89. The zero-order valence-corrected chi connectivity index (χ0v) is 31.0. The first kappa shape index (κ1) is 31.8. The van der Waals surface area contributed by atoms with Crippen LogP contribution in [-0.2, 0) is 0 Å². The van der Waals surface area contributed by atoms with Crippen molar-refractivity contribution in [2.45, 2.75) is 0 Å². The van der Waals surface area contributed by atoms with Gasteiger partial charge in [-0.2, -0.15) is 0 Å². The molecule has 0 aliphatic rings. The van der Waals surface area contributed by atoms with E-state index < -0.39 is 0 Å². The lowest BCUT2D eigenvalue weighted by atomic mass is 9.85. The average molecular weight is 723 g/mol. The van der Waals surface area contributed by atoms with Crippen LogP contribution >= 0.6 is 0 Å². The normalized spacial score (nSPS) is 11.9. The van der Waals surface area contributed by atoms with Gasteiger partial charge in [0.1, 0.15) is 11.2 Å². The van der Waals surface area contributed by atoms with Gasteiger partial charge >= 0.3 is 0 Å². The van der Waals surface area contributed by atoms with Crippen molar-refractivity contribution >= 4 is 75.8 Å². The van der Waals surface area contributed by atoms with Gasteiger partial charge in [-0.15, -0.1) is 0 Å². The van der Waals surface area contributed by atoms with Crippen LogP contribution in [0.25, 0.3) is 120 Å². The Labute approximate surface area is 329 Å². The molecule has 0 aliphatic carbocycles. The molecule has 0 unspecified atom stereocenters. The fourth-order valence-corrected chi connectivity index (χ4v) is 9.54. The lowest BCUT2D eigenvalue weighted by molar-refractivity contribution is 0.669. The maximum Gasteiger partial charge on any atom is 0.136 e. The Hall–Kier alpha value is -7.48. The quantitative estimate of drug-likeness (QED) is 0.165. The highest BCUT2D eigenvalue weighted by Crippen LogP contribution is 2.47. The first-order valence-corrected chi connectivity index (χ1v) is 19.7. The van der Waals surface area contributed by atoms with Crippen molar-refractivity contribution in [3.05, 3.63) is 206 Å². The number of fused-ring (bicyclic) bond motifs is 8. The van der Waals surface area contributed by atoms with Gasteiger partial charge in [0.25, 0.3) is 0 Å². The highest BCUT2D eigenvalue weighted by Gasteiger charge is 2.20. The summed E-state index contributed by atoms with van der Waals surface area (Å²) in [6, 6.07) is 75.2. The second kappa shape index (κ2) is 12.5. The molecular weight excluding hydrogens is 689 g/mol. The van der Waals surface area contributed by atoms with E-state index in [1.165, 1.54) is 92.8 Å². The molecule has 0 bridgehead atoms. The Morgan fingerprint density at radius 1 is 0.211 bits per heavy atom. The van der Waals surface area contributed by atoms with Gasteiger partial charge in [-0.05, 0) is 129 Å². The van der Waals surface area contributed by atoms with Gasteiger partial charge < -0.3 is 4.42 Å². The molecule has 0 saturated carbocycles. The molecule has 0 atom stereocenters. The van der Waals surface area contributed by atoms with Crippen molar-refractivity contribution in [3.63, 3.8) is 0 Å². The summed E-state index contributed by atoms with van der Waals surface area (Å²) in [5.41, 5.74) is 11.6. The molecule has 0 amide bonds. The zero-order valence-electron chi connectivity index (χ0n) is 31.0. The van der Waals surface area contributed by atoms with E-state index in [1.807, 2.05) is 0 Å². The fourth-order valence-electron chi connectivity index (χ4n) is 9.54. The van der Waals surface area contributed by atoms with Crippen molar-refractivity contribution in [3.8, 4) is 44.5 Å². The van der Waals surface area contributed by atoms with E-state index in [0.717, 1.165) is 27.5 Å². The van der Waals surface area contributed by atoms with Gasteiger partial charge in [0.15, 0.2) is 0 Å². The summed E-state index contributed by atoms with van der Waals surface area (Å²) in [6.45, 7) is 0. The summed E-state index contributed by atoms with van der Waals surface area (Å²) in [5, 5.41) is 14.7. The van der Waals surface area contributed by atoms with E-state index in [-0.39, 0.29) is 0 Å². The van der Waals surface area contributed by atoms with Crippen LogP contribution in [0.1, 0.15) is 0 Å². The molecular formula is C56H34O. The Bertz CT molecular complexity index is 3460. The molecule has 0 fully saturated rings. The third-order valence-electron chi connectivity index (χ3n) is 12.0. The molecule has 0 spiro atoms. The van der Waals surface area contributed by atoms with Gasteiger partial charge in [0, 0.05) is 10.8 Å². The molecule has 0 N–H and O–H groups in total. The topological polar surface area (TPSA) is 13.1 Å². The van der Waals surface area contributed by atoms with E-state index in [1.54, 1.807) is 0 Å². The molecule has 264 valence electrons. The van der Waals surface area contributed by atoms with E-state index >= 15 is 0 Å². The molecule has 12 rings (SSSR count). The summed E-state index contributed by atoms with van der Waals surface area (Å²) in [7, 11) is 0. The molecule has 0 aliphatic heterocycles. The van der Waals surface area contributed by atoms with Crippen LogP contribution < -0.4 is 0 Å². The lowest BCUT2D eigenvalue weighted by Crippen LogP contribution is -1.91. The molecule has 0 radical (unpaired) electrons. The van der Waals surface area contributed by atoms with E-state index in [2.05, 4.69) is 206 Å². The standard InChI is InChI=1S/C56H34O/c1-2-15-36(16-3-1)53-42-18-6-8-20-44(42)56(45-21-9-7-19-43(45)53)40-28-30-41-50-33-39(29-31-51(50)57-52(41)34-40)55-48-24-12-10-22-46(48)54(47-23-11-13-25-49(47)55)38-27-26-35-14-4-5-17-37(35)32-38/h1-34H. The average Bonchev–Trinajstić information content (AvgIpc) is 3.64. The van der Waals surface area contributed by atoms with Crippen molar-refractivity contribution in [1.82, 2.24) is 0 Å². The van der Waals surface area contributed by atoms with Crippen molar-refractivity contribution in [1.29, 1.82) is 0 Å². The van der Waals surface area contributed by atoms with Crippen molar-refractivity contribution < 1.29 is 4.42 Å². The molecule has 1 heteroatoms. The van der Waals surface area contributed by atoms with Gasteiger partial charge in [0.05, 0.1) is 0 Å². The monoisotopic (exact) mass is 722 g/mol. The Kier molecular flexibility index (Phi) is 7.00. The predicted octanol–water partition coefficient (Wildman–Crippen LogP) is 16.0. The van der Waals surface area contributed by atoms with E-state index in [9.17, 15) is 0 Å². The SMILES string of the molecule is c1ccc(-c2c3ccccc3c(-c3ccc4c(c3)oc3ccc(-c5c6ccccc6c(-c6ccc7ccccc7c6)c6ccccc56)cc34)c3ccccc23)cc1. The van der Waals surface area contributed by atoms with Gasteiger partial charge in [-0.3, -0.25) is 0 Å². The zero-order chi connectivity index (χ0) is 37.5. The minimum absolute atomic E-state index is 0.890. The number of hydrogen-bond donors (Lipinski definition) is 0. The number of benzene rings is 11. The van der Waals surface area contributed by atoms with Crippen molar-refractivity contribution in [2.75, 3.05) is 0 Å². The molecule has 0 saturated heterocycles. The second-order valence-corrected chi connectivity index (χ2v) is 15.1. The van der Waals surface area contributed by atoms with Crippen LogP contribution in [0.4, 0.5) is 0 Å². The molecule has 11 aromatic carbocycles. The minimum Gasteiger partial charge on any atom is -0.456 e. The highest BCUT2D eigenvalue weighted by molar-refractivity contribution is 6.24. The fraction of sp³-hybridized carbons (Fsp3) is 0. The summed E-state index contributed by atoms with van der Waals surface area (Å²) >= 11 is 0. The van der Waals surface area contributed by atoms with Crippen LogP contribution in [0, 0.1) is 0 Å². The van der Waals surface area contributed by atoms with Gasteiger partial charge in [-0.25, -0.2) is 0 Å². The number of furan rings is 1. The predicted molar refractivity (Wildman–Crippen MR) is 243 cm³/mol. The number of hydrogen-bond acceptors (Lipinski definition) is 1. The highest BCUT2D eigenvalue weighted by atomic mass is 16.3. The van der Waals surface area contributed by atoms with Gasteiger partial charge in [-0.1, -0.05) is 176 Å². The van der Waals surface area contributed by atoms with Crippen LogP contribution in [0.3, 0.4) is 0 Å². The molecule has 57 heavy (non-hydrogen) atoms. The summed E-state index contributed by atoms with van der Waals surface area (Å²) in [5.74, 6) is 0. The summed E-state index contributed by atoms with van der Waals surface area (Å²) < 4.78 is 6.71. The maximum atomic E-state index is 6.71. The molecule has 12 aromatic rings. The van der Waals surface area contributed by atoms with Crippen LogP contribution in [0.15, 0.2) is 211 Å². The molecule has 1 aromatic heterocycles. The lowest BCUT2D eigenvalue weighted by Gasteiger charge is -2.18. The van der Waals surface area contributed by atoms with Crippen molar-refractivity contribution in [2.24, 2.45) is 0 Å².